The fourth-order valence-corrected chi connectivity index (χ4v) is 0. The molecule has 688 valence electrons. The smallest absolute Gasteiger partial charge is 0.222 e. The zero-order valence-electron chi connectivity index (χ0n) is 2.82. The molecule has 0 aromatic heterocycles. The molecule has 0 aromatic carbocycles. The maximum absolute atomic E-state index is 8.35. The molecule has 0 saturated heterocycles. The van der Waals surface area contributed by atoms with Crippen molar-refractivity contribution in [1.82, 2.24) is 0 Å². The molecule has 0 heterocycles. The lowest BCUT2D eigenvalue weighted by Crippen LogP contribution is -1.16. The molecule has 0 aliphatic carbocycles. The molecule has 4 nitrogen and oxygen atoms in total. The van der Waals surface area contributed by atoms with E-state index in [1.807, 2.05) is 0 Å². The quantitative estimate of drug-likeness (QED) is 0.187. The molecule has 0 rings (SSSR count). The van der Waals surface area contributed by atoms with E-state index in [1.165, 1.54) is 0 Å². The van der Waals surface area contributed by atoms with Crippen LogP contribution in [0.3, 0.4) is 0 Å². The van der Waals surface area contributed by atoms with Crippen LogP contribution in [0.2, 0.25) is 0 Å². The summed E-state index contributed by atoms with van der Waals surface area (Å²) in [5.41, 5.74) is 0. The Hall–Kier alpha value is -1.24. The van der Waals surface area contributed by atoms with Crippen LogP contribution in [-0.2, 0) is 9.59 Å². The van der Waals surface area contributed by atoms with E-state index in [1.54, 1.807) is 0 Å². The highest BCUT2D eigenvalue weighted by Gasteiger charge is 1.04. The molecule has 2 N–H and O–H groups in total. The van der Waals surface area contributed by atoms with Gasteiger partial charge in [0.05, 0.1) is 0 Å². The van der Waals surface area contributed by atoms with Crippen molar-refractivity contribution >= 4 is 12.2 Å². The highest BCUT2D eigenvalue weighted by Crippen LogP contribution is 0.871. The first kappa shape index (κ1) is 83800. The minimum atomic E-state index is 0. The van der Waals surface area contributed by atoms with Gasteiger partial charge in [-0.1, -0.05) is 609 Å². The van der Waals surface area contributed by atoms with Crippen molar-refractivity contribution in [1.29, 1.82) is 10.8 Å². The Labute approximate surface area is 638 Å². The summed E-state index contributed by atoms with van der Waals surface area (Å²) in [7, 11) is 0. The van der Waals surface area contributed by atoms with Gasteiger partial charge in [0.2, 0.25) is 12.2 Å². The van der Waals surface area contributed by atoms with Gasteiger partial charge in [-0.3, -0.25) is 0 Å². The second kappa shape index (κ2) is 1070000. The van der Waals surface area contributed by atoms with Gasteiger partial charge in [0, 0.05) is 0 Å². The second-order valence-electron chi connectivity index (χ2n) is 0.204. The van der Waals surface area contributed by atoms with Crippen LogP contribution in [0.5, 0.6) is 0 Å². The van der Waals surface area contributed by atoms with Crippen molar-refractivity contribution in [2.24, 2.45) is 0 Å². The highest BCUT2D eigenvalue weighted by molar-refractivity contribution is 5.26. The van der Waals surface area contributed by atoms with Gasteiger partial charge in [-0.15, -0.1) is 0 Å². The molecule has 0 saturated carbocycles. The van der Waals surface area contributed by atoms with Crippen LogP contribution in [0, 0.1) is 10.8 Å². The Balaban J connectivity index is -0.0000000000230. The van der Waals surface area contributed by atoms with Crippen LogP contribution in [-0.4, -0.2) is 12.2 Å². The van der Waals surface area contributed by atoms with Gasteiger partial charge >= 0.3 is 0 Å². The number of hydrogen-bond acceptors (Lipinski definition) is 4. The zero-order valence-corrected chi connectivity index (χ0v) is 2.82. The minimum Gasteiger partial charge on any atom is -0.222 e. The van der Waals surface area contributed by atoms with Gasteiger partial charge in [0.1, 0.15) is 0 Å². The third-order valence-corrected chi connectivity index (χ3v) is 0. The van der Waals surface area contributed by atoms with Gasteiger partial charge in [0.25, 0.3) is 0 Å². The fourth-order valence-electron chi connectivity index (χ4n) is 0. The summed E-state index contributed by atoms with van der Waals surface area (Å²) in [5.74, 6) is 0. The van der Waals surface area contributed by atoms with E-state index in [2.05, 4.69) is 0 Å². The molecule has 0 spiro atoms. The second-order valence-corrected chi connectivity index (χ2v) is 0.204. The fraction of sp³-hybridized carbons (Fsp3) is 0.976. The summed E-state index contributed by atoms with van der Waals surface area (Å²) in [6, 6.07) is 0. The molecule has 0 aromatic rings. The molecular formula is C84H330N2O2. The summed E-state index contributed by atoms with van der Waals surface area (Å²) >= 11 is 0. The van der Waals surface area contributed by atoms with Crippen LogP contribution in [0.4, 0.5) is 0 Å². The van der Waals surface area contributed by atoms with E-state index in [0.717, 1.165) is 12.2 Å². The lowest BCUT2D eigenvalue weighted by atomic mass is 11.7. The van der Waals surface area contributed by atoms with Gasteiger partial charge in [-0.05, 0) is 0 Å². The normalized spacial score (nSPS) is 0.182. The van der Waals surface area contributed by atoms with E-state index >= 15 is 0 Å². The lowest BCUT2D eigenvalue weighted by Gasteiger charge is -1.02. The standard InChI is InChI=1S/2CHNO.82CH4/c2*2-1-3;;;;;;;;;;;;;;;;;;;;;;;;;;;;;;;;;;;;;;;;;;;;;;;;;;;;;;;;;;;;;;;;;;;;;;;;;;;;;;;;;;/h2*2H;82*1H4. The summed E-state index contributed by atoms with van der Waals surface area (Å²) in [4.78, 5) is 16.7. The van der Waals surface area contributed by atoms with E-state index < -0.39 is 0 Å². The van der Waals surface area contributed by atoms with Gasteiger partial charge in [-0.2, -0.15) is 0 Å². The third kappa shape index (κ3) is 387000. The lowest BCUT2D eigenvalue weighted by molar-refractivity contribution is 0.562. The molecule has 0 fully saturated rings. The molecular weight excluding hydrogens is 1070 g/mol. The van der Waals surface area contributed by atoms with Crippen molar-refractivity contribution in [3.63, 3.8) is 0 Å². The minimum absolute atomic E-state index is 0. The highest BCUT2D eigenvalue weighted by atomic mass is 16.1. The molecule has 88 heavy (non-hydrogen) atoms. The Morgan fingerprint density at radius 1 is 0.0795 bits per heavy atom. The zero-order chi connectivity index (χ0) is 5.41. The van der Waals surface area contributed by atoms with Gasteiger partial charge in [-0.25, -0.2) is 20.4 Å². The summed E-state index contributed by atoms with van der Waals surface area (Å²) in [6.07, 6.45) is 1.50. The maximum atomic E-state index is 8.35. The Bertz CT molecular complexity index is 81.5. The topological polar surface area (TPSA) is 81.8 Å². The maximum Gasteiger partial charge on any atom is 0.231 e. The predicted octanol–water partition coefficient (Wildman–Crippen LogP) is 52.0. The van der Waals surface area contributed by atoms with E-state index in [9.17, 15) is 0 Å². The van der Waals surface area contributed by atoms with Gasteiger partial charge < -0.3 is 0 Å². The van der Waals surface area contributed by atoms with Crippen molar-refractivity contribution in [2.45, 2.75) is 609 Å². The van der Waals surface area contributed by atoms with E-state index in [-0.39, 0.29) is 609 Å². The molecule has 0 bridgehead atoms. The first-order valence-corrected chi connectivity index (χ1v) is 0.908. The molecule has 0 unspecified atom stereocenters. The molecule has 0 aliphatic rings. The van der Waals surface area contributed by atoms with E-state index in [4.69, 9.17) is 20.4 Å². The van der Waals surface area contributed by atoms with Crippen LogP contribution in [0.1, 0.15) is 609 Å². The van der Waals surface area contributed by atoms with Crippen molar-refractivity contribution < 1.29 is 9.59 Å². The number of hydrogen-bond donors (Lipinski definition) is 2. The summed E-state index contributed by atoms with van der Waals surface area (Å²) < 4.78 is 0. The van der Waals surface area contributed by atoms with Crippen LogP contribution >= 0.6 is 0 Å². The van der Waals surface area contributed by atoms with Crippen molar-refractivity contribution in [3.8, 4) is 0 Å². The SMILES string of the molecule is C.C.C.C.C.C.C.C.C.C.C.C.C.C.C.C.C.C.C.C.C.C.C.C.C.C.C.C.C.C.C.C.C.C.C.C.C.C.C.C.C.C.C.C.C.C.C.C.C.C.C.C.C.C.C.C.C.C.C.C.C.C.C.C.C.C.C.C.C.C.C.C.C.C.C.C.C.C.C.C.C.C.N=C=O.N=C=O. The number of rotatable bonds is 0. The summed E-state index contributed by atoms with van der Waals surface area (Å²) in [6.45, 7) is 0. The predicted molar refractivity (Wildman–Crippen MR) is 569 cm³/mol. The molecule has 0 aliphatic heterocycles. The van der Waals surface area contributed by atoms with Crippen LogP contribution < -0.4 is 0 Å². The average Bonchev–Trinajstić information content (AvgIpc) is 1.39. The first-order valence-electron chi connectivity index (χ1n) is 0.908. The number of isocyanates is 2. The van der Waals surface area contributed by atoms with Crippen molar-refractivity contribution in [3.05, 3.63) is 0 Å². The third-order valence-electron chi connectivity index (χ3n) is 0. The summed E-state index contributed by atoms with van der Waals surface area (Å²) in [5, 5.41) is 10.8. The van der Waals surface area contributed by atoms with Crippen LogP contribution in [0.25, 0.3) is 0 Å². The van der Waals surface area contributed by atoms with Crippen molar-refractivity contribution in [2.75, 3.05) is 0 Å². The largest absolute Gasteiger partial charge is 0.231 e. The molecule has 4 heteroatoms. The monoisotopic (exact) mass is 1400 g/mol. The first-order chi connectivity index (χ1) is 2.83. The van der Waals surface area contributed by atoms with Gasteiger partial charge in [0.15, 0.2) is 0 Å². The number of carbonyl (C=O) groups excluding carboxylic acids is 2. The van der Waals surface area contributed by atoms with E-state index in [0.29, 0.717) is 0 Å². The molecule has 0 atom stereocenters. The molecule has 0 radical (unpaired) electrons. The Morgan fingerprint density at radius 3 is 0.0795 bits per heavy atom. The average molecular weight is 1400 g/mol. The Kier molecular flexibility index (Phi) is 1020000000. The number of nitrogens with one attached hydrogen (secondary N) is 2. The Morgan fingerprint density at radius 2 is 0.0795 bits per heavy atom. The van der Waals surface area contributed by atoms with Crippen LogP contribution in [0.15, 0.2) is 0 Å². The molecule has 0 amide bonds.